The molecule has 0 amide bonds. The van der Waals surface area contributed by atoms with Crippen LogP contribution in [0.1, 0.15) is 0 Å². The van der Waals surface area contributed by atoms with Gasteiger partial charge in [0.15, 0.2) is 0 Å². The summed E-state index contributed by atoms with van der Waals surface area (Å²) in [5.41, 5.74) is 0.759. The predicted octanol–water partition coefficient (Wildman–Crippen LogP) is 3.09. The molecule has 0 spiro atoms. The molecule has 0 atom stereocenters. The van der Waals surface area contributed by atoms with E-state index >= 15 is 0 Å². The van der Waals surface area contributed by atoms with Crippen LogP contribution in [0.3, 0.4) is 0 Å². The van der Waals surface area contributed by atoms with E-state index in [4.69, 9.17) is 27.7 Å². The predicted molar refractivity (Wildman–Crippen MR) is 59.3 cm³/mol. The maximum atomic E-state index is 5.87. The Morgan fingerprint density at radius 2 is 2.07 bits per heavy atom. The molecule has 15 heavy (non-hydrogen) atoms. The van der Waals surface area contributed by atoms with E-state index in [1.165, 1.54) is 0 Å². The fourth-order valence-electron chi connectivity index (χ4n) is 1.08. The highest BCUT2D eigenvalue weighted by Gasteiger charge is 2.08. The average Bonchev–Trinajstić information content (AvgIpc) is 2.70. The van der Waals surface area contributed by atoms with Crippen molar-refractivity contribution in [3.05, 3.63) is 28.2 Å². The molecule has 0 aliphatic heterocycles. The molecule has 1 aromatic carbocycles. The van der Waals surface area contributed by atoms with E-state index < -0.39 is 0 Å². The highest BCUT2D eigenvalue weighted by molar-refractivity contribution is 6.42. The van der Waals surface area contributed by atoms with Crippen LogP contribution in [0.15, 0.2) is 22.7 Å². The summed E-state index contributed by atoms with van der Waals surface area (Å²) in [6.45, 7) is 0. The van der Waals surface area contributed by atoms with Crippen LogP contribution in [-0.4, -0.2) is 17.2 Å². The van der Waals surface area contributed by atoms with Crippen LogP contribution in [-0.2, 0) is 0 Å². The van der Waals surface area contributed by atoms with Crippen molar-refractivity contribution in [3.63, 3.8) is 0 Å². The number of rotatable bonds is 2. The molecule has 4 nitrogen and oxygen atoms in total. The molecule has 1 aromatic heterocycles. The molecule has 2 rings (SSSR count). The topological polar surface area (TPSA) is 51.0 Å². The average molecular weight is 244 g/mol. The summed E-state index contributed by atoms with van der Waals surface area (Å²) in [7, 11) is 1.70. The number of halogens is 2. The van der Waals surface area contributed by atoms with Gasteiger partial charge in [0.1, 0.15) is 0 Å². The van der Waals surface area contributed by atoms with Gasteiger partial charge in [0.25, 0.3) is 0 Å². The van der Waals surface area contributed by atoms with E-state index in [2.05, 4.69) is 15.5 Å². The molecular weight excluding hydrogens is 237 g/mol. The second-order valence-electron chi connectivity index (χ2n) is 2.80. The van der Waals surface area contributed by atoms with Crippen molar-refractivity contribution in [2.45, 2.75) is 0 Å². The molecule has 1 heterocycles. The van der Waals surface area contributed by atoms with Crippen molar-refractivity contribution in [1.82, 2.24) is 10.1 Å². The van der Waals surface area contributed by atoms with Crippen molar-refractivity contribution in [2.24, 2.45) is 0 Å². The van der Waals surface area contributed by atoms with E-state index in [9.17, 15) is 0 Å². The van der Waals surface area contributed by atoms with E-state index in [1.54, 1.807) is 25.2 Å². The van der Waals surface area contributed by atoms with Gasteiger partial charge in [-0.1, -0.05) is 28.4 Å². The fourth-order valence-corrected chi connectivity index (χ4v) is 1.38. The molecule has 0 fully saturated rings. The zero-order valence-electron chi connectivity index (χ0n) is 7.79. The van der Waals surface area contributed by atoms with E-state index in [1.807, 2.05) is 0 Å². The quantitative estimate of drug-likeness (QED) is 0.881. The Kier molecular flexibility index (Phi) is 2.79. The molecule has 2 aromatic rings. The number of anilines is 1. The smallest absolute Gasteiger partial charge is 0.321 e. The molecule has 0 unspecified atom stereocenters. The van der Waals surface area contributed by atoms with Crippen LogP contribution in [0.5, 0.6) is 0 Å². The summed E-state index contributed by atoms with van der Waals surface area (Å²) in [6, 6.07) is 5.51. The summed E-state index contributed by atoms with van der Waals surface area (Å²) < 4.78 is 4.89. The molecular formula is C9H7Cl2N3O. The lowest BCUT2D eigenvalue weighted by Gasteiger charge is -1.97. The minimum Gasteiger partial charge on any atom is -0.341 e. The maximum Gasteiger partial charge on any atom is 0.321 e. The van der Waals surface area contributed by atoms with E-state index in [-0.39, 0.29) is 0 Å². The van der Waals surface area contributed by atoms with Crippen LogP contribution in [0.2, 0.25) is 10.0 Å². The standard InChI is InChI=1S/C9H7Cl2N3O/c1-12-9-13-8(14-15-9)5-2-3-6(10)7(11)4-5/h2-4H,1H3,(H,12,13,14). The Bertz CT molecular complexity index is 484. The van der Waals surface area contributed by atoms with Crippen LogP contribution < -0.4 is 5.32 Å². The first kappa shape index (κ1) is 10.3. The lowest BCUT2D eigenvalue weighted by Crippen LogP contribution is -1.87. The molecule has 1 N–H and O–H groups in total. The van der Waals surface area contributed by atoms with Gasteiger partial charge in [-0.3, -0.25) is 0 Å². The third kappa shape index (κ3) is 2.06. The minimum atomic E-state index is 0.357. The van der Waals surface area contributed by atoms with Crippen LogP contribution in [0.25, 0.3) is 11.4 Å². The van der Waals surface area contributed by atoms with Gasteiger partial charge in [-0.05, 0) is 18.2 Å². The number of nitrogens with one attached hydrogen (secondary N) is 1. The van der Waals surface area contributed by atoms with Crippen molar-refractivity contribution in [2.75, 3.05) is 12.4 Å². The van der Waals surface area contributed by atoms with E-state index in [0.29, 0.717) is 21.9 Å². The zero-order chi connectivity index (χ0) is 10.8. The van der Waals surface area contributed by atoms with Gasteiger partial charge in [0.2, 0.25) is 5.82 Å². The number of nitrogens with zero attached hydrogens (tertiary/aromatic N) is 2. The normalized spacial score (nSPS) is 10.3. The first-order valence-electron chi connectivity index (χ1n) is 4.17. The summed E-state index contributed by atoms with van der Waals surface area (Å²) >= 11 is 11.7. The number of hydrogen-bond donors (Lipinski definition) is 1. The monoisotopic (exact) mass is 243 g/mol. The molecule has 0 aliphatic carbocycles. The lowest BCUT2D eigenvalue weighted by molar-refractivity contribution is 0.434. The summed E-state index contributed by atoms with van der Waals surface area (Å²) in [5, 5.41) is 7.48. The number of hydrogen-bond acceptors (Lipinski definition) is 4. The molecule has 78 valence electrons. The molecule has 0 radical (unpaired) electrons. The van der Waals surface area contributed by atoms with Gasteiger partial charge in [0.05, 0.1) is 10.0 Å². The third-order valence-corrected chi connectivity index (χ3v) is 2.56. The van der Waals surface area contributed by atoms with Gasteiger partial charge in [-0.2, -0.15) is 4.98 Å². The second kappa shape index (κ2) is 4.08. The zero-order valence-corrected chi connectivity index (χ0v) is 9.30. The molecule has 0 bridgehead atoms. The second-order valence-corrected chi connectivity index (χ2v) is 3.62. The fraction of sp³-hybridized carbons (Fsp3) is 0.111. The molecule has 0 aliphatic rings. The highest BCUT2D eigenvalue weighted by atomic mass is 35.5. The highest BCUT2D eigenvalue weighted by Crippen LogP contribution is 2.27. The Morgan fingerprint density at radius 1 is 1.27 bits per heavy atom. The van der Waals surface area contributed by atoms with Gasteiger partial charge >= 0.3 is 6.01 Å². The third-order valence-electron chi connectivity index (χ3n) is 1.82. The minimum absolute atomic E-state index is 0.357. The Morgan fingerprint density at radius 3 is 2.67 bits per heavy atom. The van der Waals surface area contributed by atoms with Gasteiger partial charge in [-0.25, -0.2) is 0 Å². The van der Waals surface area contributed by atoms with Crippen molar-refractivity contribution in [3.8, 4) is 11.4 Å². The van der Waals surface area contributed by atoms with Crippen molar-refractivity contribution in [1.29, 1.82) is 0 Å². The number of aromatic nitrogens is 2. The SMILES string of the molecule is CNc1nc(-c2ccc(Cl)c(Cl)c2)no1. The first-order chi connectivity index (χ1) is 7.20. The molecule has 0 saturated heterocycles. The molecule has 6 heteroatoms. The van der Waals surface area contributed by atoms with Crippen LogP contribution in [0, 0.1) is 0 Å². The Hall–Kier alpha value is -1.26. The first-order valence-corrected chi connectivity index (χ1v) is 4.93. The van der Waals surface area contributed by atoms with Gasteiger partial charge < -0.3 is 9.84 Å². The van der Waals surface area contributed by atoms with Gasteiger partial charge in [0, 0.05) is 12.6 Å². The van der Waals surface area contributed by atoms with Crippen molar-refractivity contribution >= 4 is 29.2 Å². The lowest BCUT2D eigenvalue weighted by atomic mass is 10.2. The summed E-state index contributed by atoms with van der Waals surface area (Å²) in [4.78, 5) is 4.08. The maximum absolute atomic E-state index is 5.87. The van der Waals surface area contributed by atoms with E-state index in [0.717, 1.165) is 5.56 Å². The van der Waals surface area contributed by atoms with Crippen LogP contribution in [0.4, 0.5) is 6.01 Å². The number of benzene rings is 1. The summed E-state index contributed by atoms with van der Waals surface area (Å²) in [5.74, 6) is 0.470. The Labute approximate surface area is 96.2 Å². The molecule has 0 saturated carbocycles. The van der Waals surface area contributed by atoms with Gasteiger partial charge in [-0.15, -0.1) is 0 Å². The summed E-state index contributed by atoms with van der Waals surface area (Å²) in [6.07, 6.45) is 0. The Balaban J connectivity index is 2.40. The van der Waals surface area contributed by atoms with Crippen LogP contribution >= 0.6 is 23.2 Å². The largest absolute Gasteiger partial charge is 0.341 e. The van der Waals surface area contributed by atoms with Crippen molar-refractivity contribution < 1.29 is 4.52 Å².